The van der Waals surface area contributed by atoms with Gasteiger partial charge in [0.05, 0.1) is 0 Å². The molecule has 1 aromatic carbocycles. The quantitative estimate of drug-likeness (QED) is 0.873. The minimum absolute atomic E-state index is 0.0543. The SMILES string of the molecule is Nc1nnc(C2(c3cccc(F)c3)CCCC2)c(N)n1. The molecular weight excluding hydrogens is 257 g/mol. The number of nitrogen functional groups attached to an aromatic ring is 2. The van der Waals surface area contributed by atoms with E-state index in [2.05, 4.69) is 15.2 Å². The average Bonchev–Trinajstić information content (AvgIpc) is 2.89. The lowest BCUT2D eigenvalue weighted by atomic mass is 9.76. The molecule has 0 amide bonds. The molecule has 0 aliphatic heterocycles. The lowest BCUT2D eigenvalue weighted by Gasteiger charge is -2.29. The zero-order valence-electron chi connectivity index (χ0n) is 11.0. The molecule has 20 heavy (non-hydrogen) atoms. The van der Waals surface area contributed by atoms with Crippen molar-refractivity contribution in [2.45, 2.75) is 31.1 Å². The predicted molar refractivity (Wildman–Crippen MR) is 74.3 cm³/mol. The molecule has 1 aromatic heterocycles. The number of nitrogens with two attached hydrogens (primary N) is 2. The summed E-state index contributed by atoms with van der Waals surface area (Å²) < 4.78 is 13.6. The third kappa shape index (κ3) is 1.97. The molecule has 0 spiro atoms. The first-order valence-corrected chi connectivity index (χ1v) is 6.64. The number of aromatic nitrogens is 3. The van der Waals surface area contributed by atoms with Gasteiger partial charge in [-0.05, 0) is 30.5 Å². The van der Waals surface area contributed by atoms with Gasteiger partial charge in [0.15, 0.2) is 5.82 Å². The largest absolute Gasteiger partial charge is 0.382 e. The van der Waals surface area contributed by atoms with E-state index in [9.17, 15) is 4.39 Å². The van der Waals surface area contributed by atoms with Crippen LogP contribution in [0.4, 0.5) is 16.2 Å². The van der Waals surface area contributed by atoms with Gasteiger partial charge in [-0.3, -0.25) is 0 Å². The Morgan fingerprint density at radius 2 is 1.85 bits per heavy atom. The van der Waals surface area contributed by atoms with Gasteiger partial charge in [0.2, 0.25) is 5.95 Å². The molecule has 2 aromatic rings. The zero-order valence-corrected chi connectivity index (χ0v) is 11.0. The third-order valence-electron chi connectivity index (χ3n) is 4.02. The Bertz CT molecular complexity index is 637. The van der Waals surface area contributed by atoms with E-state index in [0.717, 1.165) is 31.2 Å². The minimum atomic E-state index is -0.403. The van der Waals surface area contributed by atoms with E-state index in [1.807, 2.05) is 6.07 Å². The lowest BCUT2D eigenvalue weighted by Crippen LogP contribution is -2.28. The van der Waals surface area contributed by atoms with Crippen LogP contribution in [0.1, 0.15) is 36.9 Å². The smallest absolute Gasteiger partial charge is 0.242 e. The molecule has 1 aliphatic carbocycles. The molecule has 4 N–H and O–H groups in total. The maximum atomic E-state index is 13.6. The second-order valence-corrected chi connectivity index (χ2v) is 5.20. The van der Waals surface area contributed by atoms with E-state index < -0.39 is 5.41 Å². The van der Waals surface area contributed by atoms with Crippen LogP contribution in [0.5, 0.6) is 0 Å². The molecule has 0 unspecified atom stereocenters. The van der Waals surface area contributed by atoms with Crippen molar-refractivity contribution >= 4 is 11.8 Å². The summed E-state index contributed by atoms with van der Waals surface area (Å²) in [5, 5.41) is 7.97. The number of nitrogens with zero attached hydrogens (tertiary/aromatic N) is 3. The molecule has 5 nitrogen and oxygen atoms in total. The molecule has 0 bridgehead atoms. The molecule has 1 aliphatic rings. The average molecular weight is 273 g/mol. The highest BCUT2D eigenvalue weighted by Gasteiger charge is 2.41. The normalized spacial score (nSPS) is 17.2. The van der Waals surface area contributed by atoms with Crippen LogP contribution in [-0.2, 0) is 5.41 Å². The van der Waals surface area contributed by atoms with Crippen LogP contribution in [0.2, 0.25) is 0 Å². The Kier molecular flexibility index (Phi) is 3.00. The Labute approximate surface area is 116 Å². The topological polar surface area (TPSA) is 90.7 Å². The van der Waals surface area contributed by atoms with Crippen molar-refractivity contribution in [2.24, 2.45) is 0 Å². The van der Waals surface area contributed by atoms with E-state index in [1.165, 1.54) is 6.07 Å². The summed E-state index contributed by atoms with van der Waals surface area (Å²) in [7, 11) is 0. The van der Waals surface area contributed by atoms with Crippen molar-refractivity contribution in [1.29, 1.82) is 0 Å². The molecule has 0 radical (unpaired) electrons. The van der Waals surface area contributed by atoms with Crippen LogP contribution in [0.25, 0.3) is 0 Å². The number of halogens is 1. The molecule has 1 saturated carbocycles. The highest BCUT2D eigenvalue weighted by Crippen LogP contribution is 2.47. The van der Waals surface area contributed by atoms with Crippen molar-refractivity contribution in [3.05, 3.63) is 41.3 Å². The van der Waals surface area contributed by atoms with Crippen molar-refractivity contribution in [2.75, 3.05) is 11.5 Å². The molecule has 1 fully saturated rings. The molecule has 104 valence electrons. The molecule has 3 rings (SSSR count). The number of rotatable bonds is 2. The van der Waals surface area contributed by atoms with Gasteiger partial charge < -0.3 is 11.5 Å². The number of benzene rings is 1. The highest BCUT2D eigenvalue weighted by atomic mass is 19.1. The van der Waals surface area contributed by atoms with E-state index in [4.69, 9.17) is 11.5 Å². The molecule has 0 atom stereocenters. The fourth-order valence-corrected chi connectivity index (χ4v) is 3.12. The first-order valence-electron chi connectivity index (χ1n) is 6.64. The minimum Gasteiger partial charge on any atom is -0.382 e. The maximum absolute atomic E-state index is 13.6. The third-order valence-corrected chi connectivity index (χ3v) is 4.02. The van der Waals surface area contributed by atoms with Gasteiger partial charge in [0.25, 0.3) is 0 Å². The Hall–Kier alpha value is -2.24. The second kappa shape index (κ2) is 4.70. The number of hydrogen-bond donors (Lipinski definition) is 2. The zero-order chi connectivity index (χ0) is 14.2. The van der Waals surface area contributed by atoms with Gasteiger partial charge >= 0.3 is 0 Å². The van der Waals surface area contributed by atoms with Crippen molar-refractivity contribution < 1.29 is 4.39 Å². The van der Waals surface area contributed by atoms with Crippen LogP contribution < -0.4 is 11.5 Å². The summed E-state index contributed by atoms with van der Waals surface area (Å²) >= 11 is 0. The first kappa shape index (κ1) is 12.8. The summed E-state index contributed by atoms with van der Waals surface area (Å²) in [6, 6.07) is 6.59. The van der Waals surface area contributed by atoms with Gasteiger partial charge in [-0.2, -0.15) is 4.98 Å². The van der Waals surface area contributed by atoms with Crippen molar-refractivity contribution in [1.82, 2.24) is 15.2 Å². The fraction of sp³-hybridized carbons (Fsp3) is 0.357. The van der Waals surface area contributed by atoms with Gasteiger partial charge in [-0.15, -0.1) is 10.2 Å². The van der Waals surface area contributed by atoms with E-state index >= 15 is 0 Å². The Morgan fingerprint density at radius 1 is 1.10 bits per heavy atom. The van der Waals surface area contributed by atoms with E-state index in [0.29, 0.717) is 5.69 Å². The lowest BCUT2D eigenvalue weighted by molar-refractivity contribution is 0.505. The first-order chi connectivity index (χ1) is 9.62. The van der Waals surface area contributed by atoms with Crippen molar-refractivity contribution in [3.63, 3.8) is 0 Å². The van der Waals surface area contributed by atoms with Crippen LogP contribution in [0.15, 0.2) is 24.3 Å². The van der Waals surface area contributed by atoms with Gasteiger partial charge in [-0.1, -0.05) is 25.0 Å². The highest BCUT2D eigenvalue weighted by molar-refractivity contribution is 5.48. The Balaban J connectivity index is 2.17. The van der Waals surface area contributed by atoms with Crippen LogP contribution in [0.3, 0.4) is 0 Å². The van der Waals surface area contributed by atoms with E-state index in [1.54, 1.807) is 12.1 Å². The van der Waals surface area contributed by atoms with E-state index in [-0.39, 0.29) is 17.6 Å². The fourth-order valence-electron chi connectivity index (χ4n) is 3.12. The molecular formula is C14H16FN5. The second-order valence-electron chi connectivity index (χ2n) is 5.20. The summed E-state index contributed by atoms with van der Waals surface area (Å²) in [6.45, 7) is 0. The standard InChI is InChI=1S/C14H16FN5/c15-10-5-3-4-9(8-10)14(6-1-2-7-14)11-12(16)18-13(17)20-19-11/h3-5,8H,1-2,6-7H2,(H4,16,17,18,20). The molecule has 1 heterocycles. The van der Waals surface area contributed by atoms with Crippen LogP contribution >= 0.6 is 0 Å². The van der Waals surface area contributed by atoms with Crippen LogP contribution in [0, 0.1) is 5.82 Å². The predicted octanol–water partition coefficient (Wildman–Crippen LogP) is 2.04. The summed E-state index contributed by atoms with van der Waals surface area (Å²) in [5.41, 5.74) is 12.6. The van der Waals surface area contributed by atoms with Gasteiger partial charge in [0, 0.05) is 5.41 Å². The van der Waals surface area contributed by atoms with Crippen LogP contribution in [-0.4, -0.2) is 15.2 Å². The van der Waals surface area contributed by atoms with Gasteiger partial charge in [0.1, 0.15) is 11.5 Å². The summed E-state index contributed by atoms with van der Waals surface area (Å²) in [6.07, 6.45) is 3.81. The Morgan fingerprint density at radius 3 is 2.50 bits per heavy atom. The summed E-state index contributed by atoms with van der Waals surface area (Å²) in [4.78, 5) is 4.00. The number of hydrogen-bond acceptors (Lipinski definition) is 5. The van der Waals surface area contributed by atoms with Crippen molar-refractivity contribution in [3.8, 4) is 0 Å². The molecule has 0 saturated heterocycles. The van der Waals surface area contributed by atoms with Gasteiger partial charge in [-0.25, -0.2) is 4.39 Å². The summed E-state index contributed by atoms with van der Waals surface area (Å²) in [5.74, 6) is 0.0750. The number of anilines is 2. The maximum Gasteiger partial charge on any atom is 0.242 e. The monoisotopic (exact) mass is 273 g/mol. The molecule has 6 heteroatoms.